The molecule has 0 aromatic carbocycles. The van der Waals surface area contributed by atoms with Gasteiger partial charge < -0.3 is 15.2 Å². The number of ether oxygens (including phenoxy) is 2. The van der Waals surface area contributed by atoms with Crippen LogP contribution >= 0.6 is 11.6 Å². The topological polar surface area (TPSA) is 112 Å². The number of amidine groups is 1. The Morgan fingerprint density at radius 2 is 2.19 bits per heavy atom. The minimum atomic E-state index is -4.80. The first kappa shape index (κ1) is 16.7. The van der Waals surface area contributed by atoms with Gasteiger partial charge in [-0.2, -0.15) is 13.2 Å². The first-order valence-electron chi connectivity index (χ1n) is 11.1. The van der Waals surface area contributed by atoms with Gasteiger partial charge in [-0.05, 0) is 38.9 Å². The highest BCUT2D eigenvalue weighted by molar-refractivity contribution is 6.30. The lowest BCUT2D eigenvalue weighted by Gasteiger charge is -2.40. The zero-order chi connectivity index (χ0) is 27.3. The van der Waals surface area contributed by atoms with E-state index in [4.69, 9.17) is 33.7 Å². The largest absolute Gasteiger partial charge is 0.424 e. The molecule has 0 spiro atoms. The number of hydrogen-bond acceptors (Lipinski definition) is 7. The summed E-state index contributed by atoms with van der Waals surface area (Å²) >= 11 is 5.74. The average Bonchev–Trinajstić information content (AvgIpc) is 2.73. The molecule has 3 N–H and O–H groups in total. The van der Waals surface area contributed by atoms with Crippen molar-refractivity contribution in [2.24, 2.45) is 10.7 Å². The van der Waals surface area contributed by atoms with Gasteiger partial charge in [0.1, 0.15) is 17.2 Å². The number of aromatic nitrogens is 2. The highest BCUT2D eigenvalue weighted by atomic mass is 35.5. The summed E-state index contributed by atoms with van der Waals surface area (Å²) in [6.07, 6.45) is -6.75. The number of nitrogens with two attached hydrogens (primary N) is 1. The molecule has 8 nitrogen and oxygen atoms in total. The Balaban J connectivity index is 1.87. The van der Waals surface area contributed by atoms with Crippen molar-refractivity contribution in [2.45, 2.75) is 38.0 Å². The van der Waals surface area contributed by atoms with Crippen LogP contribution in [0.5, 0.6) is 5.88 Å². The van der Waals surface area contributed by atoms with Crippen LogP contribution in [0.15, 0.2) is 35.4 Å². The molecule has 1 amide bonds. The van der Waals surface area contributed by atoms with E-state index in [0.717, 1.165) is 6.92 Å². The molecule has 0 saturated carbocycles. The van der Waals surface area contributed by atoms with Crippen molar-refractivity contribution < 1.29 is 34.3 Å². The summed E-state index contributed by atoms with van der Waals surface area (Å²) in [6, 6.07) is 3.42. The molecule has 2 aromatic rings. The molecule has 3 heterocycles. The SMILES string of the molecule is [2H]c1nc(OC(=O)Nc2cccc(C3(C)COC(C)(C(F)(F)F)C(N)=N3)n2)c(C([2H])([2H])[2H])c([2H])c1Cl. The van der Waals surface area contributed by atoms with Crippen LogP contribution in [0.3, 0.4) is 0 Å². The first-order valence-corrected chi connectivity index (χ1v) is 8.97. The van der Waals surface area contributed by atoms with Gasteiger partial charge in [0.15, 0.2) is 0 Å². The van der Waals surface area contributed by atoms with Crippen molar-refractivity contribution >= 4 is 29.3 Å². The molecule has 31 heavy (non-hydrogen) atoms. The number of hydrogen-bond donors (Lipinski definition) is 2. The zero-order valence-corrected chi connectivity index (χ0v) is 16.9. The molecule has 3 rings (SSSR count). The summed E-state index contributed by atoms with van der Waals surface area (Å²) in [5, 5.41) is 1.68. The third kappa shape index (κ3) is 4.57. The van der Waals surface area contributed by atoms with Crippen LogP contribution in [-0.4, -0.2) is 40.3 Å². The van der Waals surface area contributed by atoms with Gasteiger partial charge in [-0.3, -0.25) is 10.3 Å². The Labute approximate surface area is 187 Å². The van der Waals surface area contributed by atoms with Crippen LogP contribution in [-0.2, 0) is 10.3 Å². The second-order valence-electron chi connectivity index (χ2n) is 6.86. The van der Waals surface area contributed by atoms with Gasteiger partial charge >= 0.3 is 12.3 Å². The number of halogens is 4. The molecule has 12 heteroatoms. The maximum Gasteiger partial charge on any atom is 0.424 e. The number of aliphatic imine (C=N–C) groups is 1. The lowest BCUT2D eigenvalue weighted by molar-refractivity contribution is -0.249. The van der Waals surface area contributed by atoms with Crippen molar-refractivity contribution in [1.29, 1.82) is 0 Å². The third-order valence-electron chi connectivity index (χ3n) is 4.46. The number of carbonyl (C=O) groups is 1. The fourth-order valence-corrected chi connectivity index (χ4v) is 2.70. The van der Waals surface area contributed by atoms with Crippen molar-refractivity contribution in [3.63, 3.8) is 0 Å². The molecule has 1 aliphatic rings. The highest BCUT2D eigenvalue weighted by Gasteiger charge is 2.59. The maximum absolute atomic E-state index is 13.4. The smallest absolute Gasteiger partial charge is 0.391 e. The molecule has 0 fully saturated rings. The number of nitrogens with zero attached hydrogens (tertiary/aromatic N) is 3. The molecular weight excluding hydrogens is 439 g/mol. The van der Waals surface area contributed by atoms with Gasteiger partial charge in [-0.25, -0.2) is 14.8 Å². The normalized spacial score (nSPS) is 26.5. The highest BCUT2D eigenvalue weighted by Crippen LogP contribution is 2.40. The fraction of sp³-hybridized carbons (Fsp3) is 0.368. The van der Waals surface area contributed by atoms with Crippen LogP contribution in [0.4, 0.5) is 23.8 Å². The van der Waals surface area contributed by atoms with E-state index in [-0.39, 0.29) is 11.5 Å². The fourth-order valence-electron chi connectivity index (χ4n) is 2.56. The molecule has 2 unspecified atom stereocenters. The van der Waals surface area contributed by atoms with E-state index in [1.807, 2.05) is 0 Å². The quantitative estimate of drug-likeness (QED) is 0.713. The molecule has 1 aliphatic heterocycles. The van der Waals surface area contributed by atoms with Crippen molar-refractivity contribution in [3.05, 3.63) is 46.7 Å². The van der Waals surface area contributed by atoms with Crippen LogP contribution in [0.25, 0.3) is 0 Å². The van der Waals surface area contributed by atoms with Crippen LogP contribution in [0.2, 0.25) is 5.02 Å². The van der Waals surface area contributed by atoms with E-state index in [0.29, 0.717) is 0 Å². The Kier molecular flexibility index (Phi) is 4.30. The van der Waals surface area contributed by atoms with E-state index in [1.54, 1.807) is 0 Å². The average molecular weight is 463 g/mol. The minimum Gasteiger partial charge on any atom is -0.391 e. The molecule has 0 aliphatic carbocycles. The number of anilines is 1. The lowest BCUT2D eigenvalue weighted by atomic mass is 9.93. The van der Waals surface area contributed by atoms with Crippen molar-refractivity contribution in [2.75, 3.05) is 11.9 Å². The predicted octanol–water partition coefficient (Wildman–Crippen LogP) is 3.97. The number of amides is 1. The minimum absolute atomic E-state index is 0.0992. The number of pyridine rings is 2. The summed E-state index contributed by atoms with van der Waals surface area (Å²) in [4.78, 5) is 24.1. The lowest BCUT2D eigenvalue weighted by Crippen LogP contribution is -2.60. The van der Waals surface area contributed by atoms with Gasteiger partial charge in [0.2, 0.25) is 11.5 Å². The summed E-state index contributed by atoms with van der Waals surface area (Å²) in [5.74, 6) is -1.76. The van der Waals surface area contributed by atoms with E-state index >= 15 is 0 Å². The molecule has 2 atom stereocenters. The van der Waals surface area contributed by atoms with Crippen molar-refractivity contribution in [3.8, 4) is 5.88 Å². The van der Waals surface area contributed by atoms with Crippen molar-refractivity contribution in [1.82, 2.24) is 9.97 Å². The number of carbonyl (C=O) groups excluding carboxylic acids is 1. The van der Waals surface area contributed by atoms with E-state index < -0.39 is 71.4 Å². The van der Waals surface area contributed by atoms with Gasteiger partial charge in [-0.1, -0.05) is 17.7 Å². The first-order chi connectivity index (χ1) is 16.4. The standard InChI is InChI=1S/C19H19ClF3N5O3/c1-10-7-11(20)8-25-14(10)31-16(29)27-13-6-4-5-12(26-13)17(2)9-30-18(3,15(24)28-17)19(21,22)23/h4-8H,9H2,1-3H3,(H2,24,28)(H,26,27,29)/i1D3,7D,8D. The second kappa shape index (κ2) is 7.97. The zero-order valence-electron chi connectivity index (χ0n) is 21.1. The molecule has 0 radical (unpaired) electrons. The summed E-state index contributed by atoms with van der Waals surface area (Å²) in [6.45, 7) is -1.27. The second-order valence-corrected chi connectivity index (χ2v) is 7.23. The Morgan fingerprint density at radius 1 is 1.45 bits per heavy atom. The molecule has 2 aromatic heterocycles. The summed E-state index contributed by atoms with van der Waals surface area (Å²) in [7, 11) is 0. The van der Waals surface area contributed by atoms with Gasteiger partial charge in [-0.15, -0.1) is 0 Å². The third-order valence-corrected chi connectivity index (χ3v) is 4.64. The number of alkyl halides is 3. The summed E-state index contributed by atoms with van der Waals surface area (Å²) < 4.78 is 88.2. The summed E-state index contributed by atoms with van der Waals surface area (Å²) in [5.41, 5.74) is 0.722. The van der Waals surface area contributed by atoms with E-state index in [2.05, 4.69) is 20.3 Å². The molecule has 0 bridgehead atoms. The van der Waals surface area contributed by atoms with Crippen LogP contribution in [0.1, 0.15) is 32.0 Å². The Hall–Kier alpha value is -2.92. The van der Waals surface area contributed by atoms with Gasteiger partial charge in [0.05, 0.1) is 20.1 Å². The molecule has 0 saturated heterocycles. The molecule has 166 valence electrons. The van der Waals surface area contributed by atoms with E-state index in [1.165, 1.54) is 25.1 Å². The predicted molar refractivity (Wildman–Crippen MR) is 107 cm³/mol. The Morgan fingerprint density at radius 3 is 2.84 bits per heavy atom. The van der Waals surface area contributed by atoms with E-state index in [9.17, 15) is 18.0 Å². The monoisotopic (exact) mass is 462 g/mol. The Bertz CT molecular complexity index is 1250. The maximum atomic E-state index is 13.4. The van der Waals surface area contributed by atoms with Gasteiger partial charge in [0.25, 0.3) is 0 Å². The van der Waals surface area contributed by atoms with Crippen LogP contribution in [0, 0.1) is 6.85 Å². The number of rotatable bonds is 3. The molecular formula is C19H19ClF3N5O3. The van der Waals surface area contributed by atoms with Crippen LogP contribution < -0.4 is 15.8 Å². The number of nitrogens with one attached hydrogen (secondary N) is 1. The van der Waals surface area contributed by atoms with Gasteiger partial charge in [0, 0.05) is 15.8 Å².